The summed E-state index contributed by atoms with van der Waals surface area (Å²) in [5, 5.41) is 34.7. The van der Waals surface area contributed by atoms with Crippen LogP contribution in [0.25, 0.3) is 0 Å². The first kappa shape index (κ1) is 38.2. The minimum absolute atomic E-state index is 0. The number of hydrogen-bond acceptors (Lipinski definition) is 16. The van der Waals surface area contributed by atoms with Gasteiger partial charge in [0.2, 0.25) is 16.3 Å². The summed E-state index contributed by atoms with van der Waals surface area (Å²) in [6.45, 7) is 2.77. The third kappa shape index (κ3) is 10.7. The summed E-state index contributed by atoms with van der Waals surface area (Å²) in [6.07, 6.45) is -15.1. The van der Waals surface area contributed by atoms with E-state index in [4.69, 9.17) is 28.4 Å². The fourth-order valence-corrected chi connectivity index (χ4v) is 4.88. The minimum Gasteiger partial charge on any atom is -0.726 e. The molecule has 2 aliphatic rings. The molecule has 0 spiro atoms. The zero-order valence-electron chi connectivity index (χ0n) is 22.6. The fourth-order valence-electron chi connectivity index (χ4n) is 4.09. The first-order valence-electron chi connectivity index (χ1n) is 11.5. The van der Waals surface area contributed by atoms with Gasteiger partial charge >= 0.3 is 35.5 Å². The van der Waals surface area contributed by atoms with Crippen LogP contribution in [0, 0.1) is 0 Å². The molecule has 0 aromatic carbocycles. The fraction of sp³-hybridized carbons (Fsp3) is 0.800. The molecular weight excluding hydrogens is 613 g/mol. The van der Waals surface area contributed by atoms with Crippen LogP contribution >= 0.6 is 0 Å². The van der Waals surface area contributed by atoms with Crippen LogP contribution in [0.15, 0.2) is 12.0 Å². The van der Waals surface area contributed by atoms with Crippen molar-refractivity contribution in [1.29, 1.82) is 0 Å². The van der Waals surface area contributed by atoms with E-state index in [0.717, 1.165) is 21.1 Å². The van der Waals surface area contributed by atoms with Gasteiger partial charge in [0.05, 0.1) is 19.0 Å². The number of rotatable bonds is 14. The SMILES string of the molecule is C=CS(=O)(=O)CCOC1C(C(=O)O)OC(OC2C(O)C(COS(=O)(=O)[O-])OC(OC)C2NC(C)=O)C(O)C1OC.[Na+]. The van der Waals surface area contributed by atoms with Gasteiger partial charge in [0.15, 0.2) is 28.5 Å². The number of carbonyl (C=O) groups is 2. The number of aliphatic carboxylic acids is 1. The molecule has 232 valence electrons. The van der Waals surface area contributed by atoms with Gasteiger partial charge in [-0.1, -0.05) is 6.58 Å². The van der Waals surface area contributed by atoms with E-state index < -0.39 is 112 Å². The number of aliphatic hydroxyl groups excluding tert-OH is 2. The molecule has 18 nitrogen and oxygen atoms in total. The molecule has 4 N–H and O–H groups in total. The van der Waals surface area contributed by atoms with E-state index in [0.29, 0.717) is 5.41 Å². The second-order valence-electron chi connectivity index (χ2n) is 8.61. The summed E-state index contributed by atoms with van der Waals surface area (Å²) in [7, 11) is -6.67. The average molecular weight is 646 g/mol. The van der Waals surface area contributed by atoms with Crippen molar-refractivity contribution in [2.75, 3.05) is 33.2 Å². The monoisotopic (exact) mass is 645 g/mol. The molecule has 0 aromatic rings. The predicted molar refractivity (Wildman–Crippen MR) is 127 cm³/mol. The van der Waals surface area contributed by atoms with Crippen LogP contribution in [0.2, 0.25) is 0 Å². The van der Waals surface area contributed by atoms with Crippen molar-refractivity contribution in [3.8, 4) is 0 Å². The molecule has 0 aromatic heterocycles. The average Bonchev–Trinajstić information content (AvgIpc) is 2.85. The molecule has 10 unspecified atom stereocenters. The topological polar surface area (TPSA) is 263 Å². The van der Waals surface area contributed by atoms with Gasteiger partial charge in [-0.15, -0.1) is 0 Å². The second-order valence-corrected chi connectivity index (χ2v) is 11.7. The quantitative estimate of drug-likeness (QED) is 0.0777. The summed E-state index contributed by atoms with van der Waals surface area (Å²) in [6, 6.07) is -1.34. The third-order valence-electron chi connectivity index (χ3n) is 5.91. The number of methoxy groups -OCH3 is 2. The molecule has 2 rings (SSSR count). The van der Waals surface area contributed by atoms with Crippen LogP contribution in [0.4, 0.5) is 0 Å². The summed E-state index contributed by atoms with van der Waals surface area (Å²) in [5.41, 5.74) is 0. The number of nitrogens with one attached hydrogen (secondary N) is 1. The van der Waals surface area contributed by atoms with Crippen molar-refractivity contribution in [3.63, 3.8) is 0 Å². The summed E-state index contributed by atoms with van der Waals surface area (Å²) >= 11 is 0. The van der Waals surface area contributed by atoms with Crippen molar-refractivity contribution in [1.82, 2.24) is 5.32 Å². The Morgan fingerprint density at radius 1 is 1.02 bits per heavy atom. The smallest absolute Gasteiger partial charge is 0.726 e. The Hall–Kier alpha value is -0.820. The van der Waals surface area contributed by atoms with Crippen molar-refractivity contribution >= 4 is 32.1 Å². The molecule has 0 saturated carbocycles. The van der Waals surface area contributed by atoms with E-state index in [1.807, 2.05) is 0 Å². The first-order chi connectivity index (χ1) is 18.5. The van der Waals surface area contributed by atoms with Crippen LogP contribution in [-0.4, -0.2) is 143 Å². The molecule has 0 aliphatic carbocycles. The van der Waals surface area contributed by atoms with Gasteiger partial charge in [-0.3, -0.25) is 8.98 Å². The van der Waals surface area contributed by atoms with Crippen LogP contribution in [0.3, 0.4) is 0 Å². The number of sulfone groups is 1. The molecule has 2 heterocycles. The Morgan fingerprint density at radius 3 is 2.15 bits per heavy atom. The Labute approximate surface area is 258 Å². The van der Waals surface area contributed by atoms with Crippen molar-refractivity contribution in [3.05, 3.63) is 12.0 Å². The van der Waals surface area contributed by atoms with Gasteiger partial charge in [-0.25, -0.2) is 21.6 Å². The van der Waals surface area contributed by atoms with E-state index in [2.05, 4.69) is 16.1 Å². The number of ether oxygens (including phenoxy) is 6. The zero-order valence-corrected chi connectivity index (χ0v) is 26.2. The number of amides is 1. The molecule has 0 radical (unpaired) electrons. The van der Waals surface area contributed by atoms with Gasteiger partial charge in [0.25, 0.3) is 0 Å². The minimum atomic E-state index is -5.21. The van der Waals surface area contributed by atoms with Gasteiger partial charge in [-0.2, -0.15) is 0 Å². The molecular formula is C20H32NNaO17S2. The maximum absolute atomic E-state index is 12.0. The molecule has 21 heteroatoms. The predicted octanol–water partition coefficient (Wildman–Crippen LogP) is -6.78. The van der Waals surface area contributed by atoms with Crippen LogP contribution in [0.1, 0.15) is 6.92 Å². The zero-order chi connectivity index (χ0) is 30.4. The number of carbonyl (C=O) groups excluding carboxylic acids is 1. The van der Waals surface area contributed by atoms with E-state index >= 15 is 0 Å². The van der Waals surface area contributed by atoms with Gasteiger partial charge in [0.1, 0.15) is 42.7 Å². The van der Waals surface area contributed by atoms with Gasteiger partial charge < -0.3 is 53.6 Å². The molecule has 10 atom stereocenters. The van der Waals surface area contributed by atoms with Crippen LogP contribution in [-0.2, 0) is 62.4 Å². The Balaban J connectivity index is 0.00000840. The Bertz CT molecular complexity index is 1110. The Morgan fingerprint density at radius 2 is 1.66 bits per heavy atom. The van der Waals surface area contributed by atoms with Crippen molar-refractivity contribution in [2.24, 2.45) is 0 Å². The third-order valence-corrected chi connectivity index (χ3v) is 7.58. The normalized spacial score (nSPS) is 34.3. The Kier molecular flexibility index (Phi) is 15.2. The van der Waals surface area contributed by atoms with E-state index in [1.165, 1.54) is 0 Å². The number of carboxylic acid groups (broad SMARTS) is 1. The molecule has 2 aliphatic heterocycles. The second kappa shape index (κ2) is 16.3. The number of aliphatic hydroxyl groups is 2. The first-order valence-corrected chi connectivity index (χ1v) is 14.5. The maximum Gasteiger partial charge on any atom is 1.00 e. The van der Waals surface area contributed by atoms with E-state index in [1.54, 1.807) is 0 Å². The van der Waals surface area contributed by atoms with E-state index in [-0.39, 0.29) is 29.6 Å². The van der Waals surface area contributed by atoms with Crippen LogP contribution in [0.5, 0.6) is 0 Å². The van der Waals surface area contributed by atoms with Gasteiger partial charge in [0, 0.05) is 26.6 Å². The summed E-state index contributed by atoms with van der Waals surface area (Å²) in [4.78, 5) is 23.9. The summed E-state index contributed by atoms with van der Waals surface area (Å²) in [5.74, 6) is -2.81. The van der Waals surface area contributed by atoms with Gasteiger partial charge in [-0.05, 0) is 0 Å². The largest absolute Gasteiger partial charge is 1.00 e. The standard InChI is InChI=1S/C20H33NO17S2.Na/c1-5-39(27,28)7-6-34-16-15(32-3)13(24)20(38-17(16)18(25)26)37-14-11(21-9(2)22)19(33-4)36-10(12(14)23)8-35-40(29,30)31;/h5,10-17,19-20,23-24H,1,6-8H2,2-4H3,(H,21,22)(H,25,26)(H,29,30,31);/q;+1/p-1. The summed E-state index contributed by atoms with van der Waals surface area (Å²) < 4.78 is 92.6. The number of hydrogen-bond donors (Lipinski definition) is 4. The van der Waals surface area contributed by atoms with Crippen molar-refractivity contribution in [2.45, 2.75) is 68.3 Å². The molecule has 41 heavy (non-hydrogen) atoms. The van der Waals surface area contributed by atoms with Crippen molar-refractivity contribution < 1.29 is 108 Å². The molecule has 0 bridgehead atoms. The molecule has 1 amide bonds. The molecule has 2 saturated heterocycles. The number of carboxylic acids is 1. The maximum atomic E-state index is 12.0. The van der Waals surface area contributed by atoms with E-state index in [9.17, 15) is 46.3 Å². The van der Waals surface area contributed by atoms with Crippen LogP contribution < -0.4 is 34.9 Å². The molecule has 2 fully saturated rings.